The van der Waals surface area contributed by atoms with Crippen LogP contribution in [0.25, 0.3) is 10.9 Å². The first kappa shape index (κ1) is 17.5. The molecule has 0 saturated carbocycles. The standard InChI is InChI=1S/C21H22N2OS/c1-3-16-8-10-17(11-9-16)14-23(2)21(24)15-25-20-12-13-22-19-7-5-4-6-18(19)20/h4-13H,3,14-15H2,1-2H3. The van der Waals surface area contributed by atoms with E-state index in [-0.39, 0.29) is 5.91 Å². The molecule has 3 rings (SSSR count). The molecule has 2 aromatic carbocycles. The Morgan fingerprint density at radius 2 is 1.76 bits per heavy atom. The molecule has 4 heteroatoms. The first-order valence-corrected chi connectivity index (χ1v) is 9.44. The number of para-hydroxylation sites is 1. The Kier molecular flexibility index (Phi) is 5.71. The summed E-state index contributed by atoms with van der Waals surface area (Å²) in [4.78, 5) is 19.7. The summed E-state index contributed by atoms with van der Waals surface area (Å²) in [5.41, 5.74) is 3.44. The van der Waals surface area contributed by atoms with Crippen molar-refractivity contribution in [2.45, 2.75) is 24.8 Å². The maximum atomic E-state index is 12.5. The van der Waals surface area contributed by atoms with E-state index >= 15 is 0 Å². The molecule has 25 heavy (non-hydrogen) atoms. The van der Waals surface area contributed by atoms with Gasteiger partial charge in [-0.1, -0.05) is 49.4 Å². The minimum Gasteiger partial charge on any atom is -0.341 e. The summed E-state index contributed by atoms with van der Waals surface area (Å²) in [6.45, 7) is 2.78. The Morgan fingerprint density at radius 1 is 1.04 bits per heavy atom. The third-order valence-electron chi connectivity index (χ3n) is 4.24. The molecular formula is C21H22N2OS. The van der Waals surface area contributed by atoms with Gasteiger partial charge in [-0.15, -0.1) is 11.8 Å². The average Bonchev–Trinajstić information content (AvgIpc) is 2.66. The highest BCUT2D eigenvalue weighted by molar-refractivity contribution is 8.00. The van der Waals surface area contributed by atoms with Gasteiger partial charge < -0.3 is 4.90 Å². The van der Waals surface area contributed by atoms with E-state index in [9.17, 15) is 4.79 Å². The molecule has 0 atom stereocenters. The van der Waals surface area contributed by atoms with Crippen LogP contribution in [0.1, 0.15) is 18.1 Å². The van der Waals surface area contributed by atoms with Gasteiger partial charge in [-0.05, 0) is 29.7 Å². The van der Waals surface area contributed by atoms with Crippen molar-refractivity contribution in [3.8, 4) is 0 Å². The summed E-state index contributed by atoms with van der Waals surface area (Å²) in [5.74, 6) is 0.558. The minimum absolute atomic E-state index is 0.130. The van der Waals surface area contributed by atoms with Crippen LogP contribution in [0.15, 0.2) is 65.7 Å². The number of pyridine rings is 1. The number of carbonyl (C=O) groups excluding carboxylic acids is 1. The Morgan fingerprint density at radius 3 is 2.52 bits per heavy atom. The quantitative estimate of drug-likeness (QED) is 0.612. The van der Waals surface area contributed by atoms with Gasteiger partial charge in [0.1, 0.15) is 0 Å². The van der Waals surface area contributed by atoms with Gasteiger partial charge in [0, 0.05) is 30.1 Å². The molecule has 1 heterocycles. The Bertz CT molecular complexity index is 856. The highest BCUT2D eigenvalue weighted by Crippen LogP contribution is 2.26. The zero-order valence-corrected chi connectivity index (χ0v) is 15.4. The second-order valence-electron chi connectivity index (χ2n) is 6.03. The second-order valence-corrected chi connectivity index (χ2v) is 7.05. The van der Waals surface area contributed by atoms with Gasteiger partial charge in [-0.25, -0.2) is 0 Å². The zero-order valence-electron chi connectivity index (χ0n) is 14.6. The lowest BCUT2D eigenvalue weighted by Crippen LogP contribution is -2.27. The number of benzene rings is 2. The van der Waals surface area contributed by atoms with Crippen molar-refractivity contribution in [2.75, 3.05) is 12.8 Å². The number of thioether (sulfide) groups is 1. The Labute approximate surface area is 153 Å². The third-order valence-corrected chi connectivity index (χ3v) is 5.30. The smallest absolute Gasteiger partial charge is 0.232 e. The lowest BCUT2D eigenvalue weighted by molar-refractivity contribution is -0.127. The lowest BCUT2D eigenvalue weighted by Gasteiger charge is -2.17. The van der Waals surface area contributed by atoms with E-state index in [2.05, 4.69) is 36.2 Å². The fourth-order valence-electron chi connectivity index (χ4n) is 2.69. The van der Waals surface area contributed by atoms with Gasteiger partial charge in [0.2, 0.25) is 5.91 Å². The van der Waals surface area contributed by atoms with Crippen LogP contribution in [0, 0.1) is 0 Å². The molecule has 0 radical (unpaired) electrons. The predicted octanol–water partition coefficient (Wildman–Crippen LogP) is 4.55. The molecule has 0 spiro atoms. The average molecular weight is 350 g/mol. The van der Waals surface area contributed by atoms with Crippen LogP contribution in [0.4, 0.5) is 0 Å². The van der Waals surface area contributed by atoms with E-state index in [0.29, 0.717) is 12.3 Å². The van der Waals surface area contributed by atoms with Crippen LogP contribution in [-0.4, -0.2) is 28.6 Å². The van der Waals surface area contributed by atoms with Crippen molar-refractivity contribution in [3.05, 3.63) is 71.9 Å². The van der Waals surface area contributed by atoms with Crippen molar-refractivity contribution in [2.24, 2.45) is 0 Å². The minimum atomic E-state index is 0.130. The SMILES string of the molecule is CCc1ccc(CN(C)C(=O)CSc2ccnc3ccccc23)cc1. The molecule has 1 aromatic heterocycles. The molecule has 0 unspecified atom stereocenters. The van der Waals surface area contributed by atoms with Gasteiger partial charge in [0.05, 0.1) is 11.3 Å². The molecule has 0 saturated heterocycles. The first-order chi connectivity index (χ1) is 12.2. The molecule has 0 N–H and O–H groups in total. The van der Waals surface area contributed by atoms with Gasteiger partial charge in [0.15, 0.2) is 0 Å². The third kappa shape index (κ3) is 4.40. The summed E-state index contributed by atoms with van der Waals surface area (Å²) < 4.78 is 0. The molecule has 1 amide bonds. The van der Waals surface area contributed by atoms with E-state index in [4.69, 9.17) is 0 Å². The number of amides is 1. The fraction of sp³-hybridized carbons (Fsp3) is 0.238. The normalized spacial score (nSPS) is 10.8. The summed E-state index contributed by atoms with van der Waals surface area (Å²) in [6.07, 6.45) is 2.83. The van der Waals surface area contributed by atoms with Crippen LogP contribution in [-0.2, 0) is 17.8 Å². The number of carbonyl (C=O) groups is 1. The molecular weight excluding hydrogens is 328 g/mol. The first-order valence-electron chi connectivity index (χ1n) is 8.45. The van der Waals surface area contributed by atoms with Crippen molar-refractivity contribution in [1.29, 1.82) is 0 Å². The largest absolute Gasteiger partial charge is 0.341 e. The zero-order chi connectivity index (χ0) is 17.6. The van der Waals surface area contributed by atoms with Crippen LogP contribution in [0.3, 0.4) is 0 Å². The van der Waals surface area contributed by atoms with Crippen LogP contribution in [0.5, 0.6) is 0 Å². The maximum Gasteiger partial charge on any atom is 0.232 e. The number of nitrogens with zero attached hydrogens (tertiary/aromatic N) is 2. The second kappa shape index (κ2) is 8.17. The van der Waals surface area contributed by atoms with Crippen molar-refractivity contribution < 1.29 is 4.79 Å². The van der Waals surface area contributed by atoms with E-state index in [1.165, 1.54) is 5.56 Å². The molecule has 0 aliphatic heterocycles. The predicted molar refractivity (Wildman–Crippen MR) is 105 cm³/mol. The van der Waals surface area contributed by atoms with Crippen LogP contribution in [0.2, 0.25) is 0 Å². The maximum absolute atomic E-state index is 12.5. The summed E-state index contributed by atoms with van der Waals surface area (Å²) in [5, 5.41) is 1.10. The molecule has 3 aromatic rings. The van der Waals surface area contributed by atoms with E-state index in [0.717, 1.165) is 27.8 Å². The summed E-state index contributed by atoms with van der Waals surface area (Å²) in [7, 11) is 1.86. The lowest BCUT2D eigenvalue weighted by atomic mass is 10.1. The number of aryl methyl sites for hydroxylation is 1. The van der Waals surface area contributed by atoms with Gasteiger partial charge in [0.25, 0.3) is 0 Å². The van der Waals surface area contributed by atoms with Crippen molar-refractivity contribution >= 4 is 28.6 Å². The summed E-state index contributed by atoms with van der Waals surface area (Å²) in [6, 6.07) is 18.5. The van der Waals surface area contributed by atoms with Gasteiger partial charge in [-0.2, -0.15) is 0 Å². The van der Waals surface area contributed by atoms with E-state index in [1.54, 1.807) is 22.9 Å². The van der Waals surface area contributed by atoms with Crippen LogP contribution < -0.4 is 0 Å². The van der Waals surface area contributed by atoms with Gasteiger partial charge in [-0.3, -0.25) is 9.78 Å². The molecule has 0 aliphatic rings. The highest BCUT2D eigenvalue weighted by atomic mass is 32.2. The molecule has 0 aliphatic carbocycles. The molecule has 3 nitrogen and oxygen atoms in total. The number of fused-ring (bicyclic) bond motifs is 1. The Hall–Kier alpha value is -2.33. The molecule has 0 fully saturated rings. The Balaban J connectivity index is 1.61. The summed E-state index contributed by atoms with van der Waals surface area (Å²) >= 11 is 1.57. The van der Waals surface area contributed by atoms with Crippen molar-refractivity contribution in [1.82, 2.24) is 9.88 Å². The number of hydrogen-bond donors (Lipinski definition) is 0. The number of rotatable bonds is 6. The topological polar surface area (TPSA) is 33.2 Å². The van der Waals surface area contributed by atoms with Gasteiger partial charge >= 0.3 is 0 Å². The molecule has 0 bridgehead atoms. The highest BCUT2D eigenvalue weighted by Gasteiger charge is 2.11. The number of aromatic nitrogens is 1. The monoisotopic (exact) mass is 350 g/mol. The van der Waals surface area contributed by atoms with Crippen LogP contribution >= 0.6 is 11.8 Å². The fourth-order valence-corrected chi connectivity index (χ4v) is 3.67. The molecule has 128 valence electrons. The van der Waals surface area contributed by atoms with Crippen molar-refractivity contribution in [3.63, 3.8) is 0 Å². The number of hydrogen-bond acceptors (Lipinski definition) is 3. The van der Waals surface area contributed by atoms with E-state index < -0.39 is 0 Å². The van der Waals surface area contributed by atoms with E-state index in [1.807, 2.05) is 37.4 Å².